The number of allylic oxidation sites excluding steroid dienone is 1. The van der Waals surface area contributed by atoms with E-state index >= 15 is 0 Å². The van der Waals surface area contributed by atoms with Crippen molar-refractivity contribution in [3.8, 4) is 0 Å². The van der Waals surface area contributed by atoms with Crippen LogP contribution in [-0.4, -0.2) is 36.0 Å². The quantitative estimate of drug-likeness (QED) is 0.409. The lowest BCUT2D eigenvalue weighted by molar-refractivity contribution is -0.138. The minimum absolute atomic E-state index is 0.175. The highest BCUT2D eigenvalue weighted by molar-refractivity contribution is 5.73. The lowest BCUT2D eigenvalue weighted by atomic mass is 9.96. The molecule has 0 bridgehead atoms. The third kappa shape index (κ3) is 5.06. The van der Waals surface area contributed by atoms with Crippen LogP contribution in [0.1, 0.15) is 32.1 Å². The van der Waals surface area contributed by atoms with Crippen molar-refractivity contribution >= 4 is 12.3 Å². The molecule has 2 aliphatic rings. The number of carboxylic acids is 1. The van der Waals surface area contributed by atoms with Crippen LogP contribution in [0.15, 0.2) is 12.2 Å². The molecule has 20 heavy (non-hydrogen) atoms. The monoisotopic (exact) mass is 280 g/mol. The van der Waals surface area contributed by atoms with Crippen LogP contribution in [0.3, 0.4) is 0 Å². The van der Waals surface area contributed by atoms with E-state index in [0.717, 1.165) is 11.8 Å². The summed E-state index contributed by atoms with van der Waals surface area (Å²) in [5, 5.41) is 11.5. The number of nitrogens with two attached hydrogens (primary N) is 1. The standard InChI is InChI=1S/C15H24N2O3/c16-12(8-17-13(9-18)7-15(19)20)5-6-14(10-1-2-10)11-3-4-11/h5-6,9-14,17H,1-4,7-8,16H2,(H,19,20)/t12?,13-/m0/s1. The molecule has 0 saturated heterocycles. The second-order valence-electron chi connectivity index (χ2n) is 6.05. The Morgan fingerprint density at radius 1 is 1.25 bits per heavy atom. The number of hydrogen-bond donors (Lipinski definition) is 3. The molecule has 112 valence electrons. The van der Waals surface area contributed by atoms with Gasteiger partial charge in [0.1, 0.15) is 6.29 Å². The first kappa shape index (κ1) is 15.2. The molecule has 0 aromatic heterocycles. The molecule has 0 amide bonds. The van der Waals surface area contributed by atoms with E-state index in [9.17, 15) is 9.59 Å². The van der Waals surface area contributed by atoms with Gasteiger partial charge in [-0.15, -0.1) is 0 Å². The molecule has 0 aromatic rings. The minimum atomic E-state index is -0.985. The van der Waals surface area contributed by atoms with Gasteiger partial charge in [0, 0.05) is 12.6 Å². The van der Waals surface area contributed by atoms with Crippen molar-refractivity contribution in [2.45, 2.75) is 44.2 Å². The number of hydrogen-bond acceptors (Lipinski definition) is 4. The number of carboxylic acid groups (broad SMARTS) is 1. The van der Waals surface area contributed by atoms with Crippen molar-refractivity contribution in [3.05, 3.63) is 12.2 Å². The molecule has 1 unspecified atom stereocenters. The van der Waals surface area contributed by atoms with Gasteiger partial charge >= 0.3 is 5.97 Å². The molecule has 2 saturated carbocycles. The summed E-state index contributed by atoms with van der Waals surface area (Å²) in [7, 11) is 0. The maximum atomic E-state index is 10.7. The largest absolute Gasteiger partial charge is 0.481 e. The predicted molar refractivity (Wildman–Crippen MR) is 76.2 cm³/mol. The lowest BCUT2D eigenvalue weighted by Crippen LogP contribution is -2.40. The van der Waals surface area contributed by atoms with Gasteiger partial charge < -0.3 is 21.0 Å². The maximum absolute atomic E-state index is 10.7. The van der Waals surface area contributed by atoms with Crippen molar-refractivity contribution in [3.63, 3.8) is 0 Å². The van der Waals surface area contributed by atoms with Crippen LogP contribution in [0.4, 0.5) is 0 Å². The highest BCUT2D eigenvalue weighted by Gasteiger charge is 2.39. The predicted octanol–water partition coefficient (Wildman–Crippen LogP) is 0.938. The number of nitrogens with one attached hydrogen (secondary N) is 1. The fraction of sp³-hybridized carbons (Fsp3) is 0.733. The summed E-state index contributed by atoms with van der Waals surface area (Å²) in [6.45, 7) is 0.426. The zero-order valence-electron chi connectivity index (χ0n) is 11.7. The van der Waals surface area contributed by atoms with Crippen LogP contribution in [-0.2, 0) is 9.59 Å². The molecule has 2 rings (SSSR count). The molecule has 0 radical (unpaired) electrons. The van der Waals surface area contributed by atoms with E-state index in [0.29, 0.717) is 18.7 Å². The third-order valence-corrected chi connectivity index (χ3v) is 4.09. The molecule has 2 fully saturated rings. The van der Waals surface area contributed by atoms with E-state index < -0.39 is 12.0 Å². The lowest BCUT2D eigenvalue weighted by Gasteiger charge is -2.15. The summed E-state index contributed by atoms with van der Waals surface area (Å²) in [6, 6.07) is -0.833. The molecule has 2 aliphatic carbocycles. The molecule has 2 atom stereocenters. The van der Waals surface area contributed by atoms with Crippen LogP contribution in [0, 0.1) is 17.8 Å². The second kappa shape index (κ2) is 6.99. The van der Waals surface area contributed by atoms with Crippen molar-refractivity contribution in [2.24, 2.45) is 23.5 Å². The summed E-state index contributed by atoms with van der Waals surface area (Å²) in [5.41, 5.74) is 5.98. The normalized spacial score (nSPS) is 22.1. The molecule has 0 heterocycles. The van der Waals surface area contributed by atoms with Gasteiger partial charge in [-0.05, 0) is 43.4 Å². The summed E-state index contributed by atoms with van der Waals surface area (Å²) in [4.78, 5) is 21.3. The van der Waals surface area contributed by atoms with Gasteiger partial charge in [0.25, 0.3) is 0 Å². The first-order valence-electron chi connectivity index (χ1n) is 7.44. The van der Waals surface area contributed by atoms with E-state index in [1.54, 1.807) is 0 Å². The van der Waals surface area contributed by atoms with Crippen LogP contribution < -0.4 is 11.1 Å². The Bertz CT molecular complexity index is 363. The van der Waals surface area contributed by atoms with Gasteiger partial charge in [-0.1, -0.05) is 12.2 Å². The zero-order valence-corrected chi connectivity index (χ0v) is 11.7. The zero-order chi connectivity index (χ0) is 14.5. The van der Waals surface area contributed by atoms with Gasteiger partial charge in [0.05, 0.1) is 12.5 Å². The SMILES string of the molecule is NC(C=CC(C1CC1)C1CC1)CN[C@H](C=O)CC(=O)O. The van der Waals surface area contributed by atoms with Crippen molar-refractivity contribution < 1.29 is 14.7 Å². The second-order valence-corrected chi connectivity index (χ2v) is 6.05. The molecule has 5 heteroatoms. The van der Waals surface area contributed by atoms with Crippen molar-refractivity contribution in [1.29, 1.82) is 0 Å². The Balaban J connectivity index is 1.71. The van der Waals surface area contributed by atoms with Crippen LogP contribution in [0.2, 0.25) is 0 Å². The Morgan fingerprint density at radius 2 is 1.85 bits per heavy atom. The van der Waals surface area contributed by atoms with Crippen molar-refractivity contribution in [1.82, 2.24) is 5.32 Å². The van der Waals surface area contributed by atoms with Gasteiger partial charge in [-0.2, -0.15) is 0 Å². The molecular formula is C15H24N2O3. The Labute approximate surface area is 119 Å². The summed E-state index contributed by atoms with van der Waals surface area (Å²) in [5.74, 6) is 1.41. The fourth-order valence-electron chi connectivity index (χ4n) is 2.64. The molecule has 0 aromatic carbocycles. The number of rotatable bonds is 10. The van der Waals surface area contributed by atoms with E-state index in [1.165, 1.54) is 25.7 Å². The van der Waals surface area contributed by atoms with Crippen LogP contribution in [0.25, 0.3) is 0 Å². The average Bonchev–Trinajstić information content (AvgIpc) is 3.26. The first-order valence-corrected chi connectivity index (χ1v) is 7.44. The first-order chi connectivity index (χ1) is 9.60. The highest BCUT2D eigenvalue weighted by atomic mass is 16.4. The molecule has 4 N–H and O–H groups in total. The topological polar surface area (TPSA) is 92.4 Å². The smallest absolute Gasteiger partial charge is 0.305 e. The van der Waals surface area contributed by atoms with Crippen LogP contribution >= 0.6 is 0 Å². The van der Waals surface area contributed by atoms with E-state index in [1.807, 2.05) is 6.08 Å². The summed E-state index contributed by atoms with van der Waals surface area (Å²) < 4.78 is 0. The number of carbonyl (C=O) groups is 2. The minimum Gasteiger partial charge on any atom is -0.481 e. The highest BCUT2D eigenvalue weighted by Crippen LogP contribution is 2.49. The Hall–Kier alpha value is -1.20. The van der Waals surface area contributed by atoms with Gasteiger partial charge in [-0.3, -0.25) is 4.79 Å². The molecule has 5 nitrogen and oxygen atoms in total. The molecular weight excluding hydrogens is 256 g/mol. The van der Waals surface area contributed by atoms with E-state index in [2.05, 4.69) is 11.4 Å². The average molecular weight is 280 g/mol. The fourth-order valence-corrected chi connectivity index (χ4v) is 2.64. The van der Waals surface area contributed by atoms with Crippen LogP contribution in [0.5, 0.6) is 0 Å². The number of aliphatic carboxylic acids is 1. The number of aldehydes is 1. The molecule has 0 spiro atoms. The van der Waals surface area contributed by atoms with Gasteiger partial charge in [-0.25, -0.2) is 0 Å². The Morgan fingerprint density at radius 3 is 2.30 bits per heavy atom. The Kier molecular flexibility index (Phi) is 5.31. The maximum Gasteiger partial charge on any atom is 0.305 e. The summed E-state index contributed by atoms with van der Waals surface area (Å²) >= 11 is 0. The molecule has 0 aliphatic heterocycles. The summed E-state index contributed by atoms with van der Waals surface area (Å²) in [6.07, 6.45) is 10.0. The third-order valence-electron chi connectivity index (χ3n) is 4.09. The van der Waals surface area contributed by atoms with E-state index in [4.69, 9.17) is 10.8 Å². The van der Waals surface area contributed by atoms with Gasteiger partial charge in [0.15, 0.2) is 0 Å². The van der Waals surface area contributed by atoms with Crippen molar-refractivity contribution in [2.75, 3.05) is 6.54 Å². The number of carbonyl (C=O) groups excluding carboxylic acids is 1. The van der Waals surface area contributed by atoms with Gasteiger partial charge in [0.2, 0.25) is 0 Å². The van der Waals surface area contributed by atoms with E-state index in [-0.39, 0.29) is 12.5 Å².